The van der Waals surface area contributed by atoms with Gasteiger partial charge >= 0.3 is 0 Å². The van der Waals surface area contributed by atoms with Crippen LogP contribution < -0.4 is 0 Å². The van der Waals surface area contributed by atoms with Crippen LogP contribution in [0, 0.1) is 0 Å². The van der Waals surface area contributed by atoms with E-state index in [9.17, 15) is 4.79 Å². The Morgan fingerprint density at radius 2 is 1.89 bits per heavy atom. The zero-order valence-electron chi connectivity index (χ0n) is 12.9. The summed E-state index contributed by atoms with van der Waals surface area (Å²) in [5.74, 6) is 0.176. The van der Waals surface area contributed by atoms with Gasteiger partial charge in [-0.2, -0.15) is 0 Å². The largest absolute Gasteiger partial charge is 0.310 e. The fourth-order valence-electron chi connectivity index (χ4n) is 3.01. The lowest BCUT2D eigenvalue weighted by molar-refractivity contribution is -0.128. The monoisotopic (exact) mass is 262 g/mol. The lowest BCUT2D eigenvalue weighted by Gasteiger charge is -2.44. The molecule has 0 N–H and O–H groups in total. The molecule has 0 spiro atoms. The van der Waals surface area contributed by atoms with E-state index < -0.39 is 0 Å². The Morgan fingerprint density at radius 3 is 2.42 bits per heavy atom. The third-order valence-corrected chi connectivity index (χ3v) is 4.16. The molecule has 0 saturated carbocycles. The summed E-state index contributed by atoms with van der Waals surface area (Å²) in [4.78, 5) is 16.9. The summed E-state index contributed by atoms with van der Waals surface area (Å²) in [7, 11) is 0. The molecule has 0 aromatic heterocycles. The van der Waals surface area contributed by atoms with Gasteiger partial charge < -0.3 is 4.90 Å². The zero-order valence-corrected chi connectivity index (χ0v) is 12.9. The first-order valence-electron chi connectivity index (χ1n) is 7.19. The number of nitrogens with zero attached hydrogens (tertiary/aromatic N) is 2. The van der Waals surface area contributed by atoms with Gasteiger partial charge in [0.1, 0.15) is 0 Å². The molecule has 0 aromatic rings. The topological polar surface area (TPSA) is 23.6 Å². The number of hydrogen-bond donors (Lipinski definition) is 0. The van der Waals surface area contributed by atoms with Gasteiger partial charge in [0.25, 0.3) is 5.91 Å². The van der Waals surface area contributed by atoms with Crippen molar-refractivity contribution < 1.29 is 4.79 Å². The zero-order chi connectivity index (χ0) is 14.4. The number of amides is 1. The van der Waals surface area contributed by atoms with Crippen LogP contribution in [0.3, 0.4) is 0 Å². The fourth-order valence-corrected chi connectivity index (χ4v) is 3.01. The Labute approximate surface area is 117 Å². The molecule has 0 radical (unpaired) electrons. The molecule has 2 rings (SSSR count). The first kappa shape index (κ1) is 14.3. The van der Waals surface area contributed by atoms with Crippen LogP contribution in [-0.4, -0.2) is 40.4 Å². The van der Waals surface area contributed by atoms with E-state index >= 15 is 0 Å². The fraction of sp³-hybridized carbons (Fsp3) is 0.688. The molecular weight excluding hydrogens is 236 g/mol. The van der Waals surface area contributed by atoms with Gasteiger partial charge in [0.05, 0.1) is 0 Å². The molecule has 0 fully saturated rings. The highest BCUT2D eigenvalue weighted by Gasteiger charge is 2.36. The van der Waals surface area contributed by atoms with Crippen molar-refractivity contribution in [1.82, 2.24) is 9.80 Å². The van der Waals surface area contributed by atoms with E-state index in [4.69, 9.17) is 0 Å². The molecule has 1 amide bonds. The van der Waals surface area contributed by atoms with Gasteiger partial charge in [0.2, 0.25) is 0 Å². The van der Waals surface area contributed by atoms with Crippen LogP contribution in [0.15, 0.2) is 23.4 Å². The Balaban J connectivity index is 2.29. The first-order valence-corrected chi connectivity index (χ1v) is 7.19. The highest BCUT2D eigenvalue weighted by Crippen LogP contribution is 2.34. The second-order valence-electron chi connectivity index (χ2n) is 6.94. The van der Waals surface area contributed by atoms with Crippen LogP contribution in [0.25, 0.3) is 0 Å². The van der Waals surface area contributed by atoms with Crippen LogP contribution in [0.2, 0.25) is 0 Å². The Morgan fingerprint density at radius 1 is 1.26 bits per heavy atom. The summed E-state index contributed by atoms with van der Waals surface area (Å²) >= 11 is 0. The van der Waals surface area contributed by atoms with E-state index in [0.717, 1.165) is 37.2 Å². The summed E-state index contributed by atoms with van der Waals surface area (Å²) in [6.45, 7) is 16.7. The van der Waals surface area contributed by atoms with Crippen LogP contribution in [0.4, 0.5) is 0 Å². The molecule has 19 heavy (non-hydrogen) atoms. The predicted octanol–water partition coefficient (Wildman–Crippen LogP) is 2.94. The van der Waals surface area contributed by atoms with Crippen LogP contribution >= 0.6 is 0 Å². The Bertz CT molecular complexity index is 440. The number of carbonyl (C=O) groups excluding carboxylic acids is 1. The molecule has 0 aliphatic carbocycles. The minimum Gasteiger partial charge on any atom is -0.310 e. The summed E-state index contributed by atoms with van der Waals surface area (Å²) in [6, 6.07) is 0.194. The van der Waals surface area contributed by atoms with Crippen molar-refractivity contribution in [2.45, 2.75) is 59.0 Å². The summed E-state index contributed by atoms with van der Waals surface area (Å²) in [5, 5.41) is 0. The first-order chi connectivity index (χ1) is 8.71. The van der Waals surface area contributed by atoms with Gasteiger partial charge in [0.15, 0.2) is 0 Å². The molecule has 0 bridgehead atoms. The summed E-state index contributed by atoms with van der Waals surface area (Å²) < 4.78 is 0. The van der Waals surface area contributed by atoms with Crippen LogP contribution in [-0.2, 0) is 4.79 Å². The molecule has 3 nitrogen and oxygen atoms in total. The van der Waals surface area contributed by atoms with E-state index in [2.05, 4.69) is 46.1 Å². The highest BCUT2D eigenvalue weighted by atomic mass is 16.2. The minimum absolute atomic E-state index is 0.121. The van der Waals surface area contributed by atoms with Crippen molar-refractivity contribution in [2.24, 2.45) is 0 Å². The van der Waals surface area contributed by atoms with E-state index in [1.54, 1.807) is 0 Å². The molecule has 0 atom stereocenters. The van der Waals surface area contributed by atoms with Gasteiger partial charge in [-0.1, -0.05) is 12.2 Å². The molecule has 0 aromatic carbocycles. The normalized spacial score (nSPS) is 22.3. The number of carbonyl (C=O) groups is 1. The maximum atomic E-state index is 12.7. The lowest BCUT2D eigenvalue weighted by Crippen LogP contribution is -2.50. The van der Waals surface area contributed by atoms with Crippen molar-refractivity contribution in [3.8, 4) is 0 Å². The Hall–Kier alpha value is -1.09. The smallest absolute Gasteiger partial charge is 0.255 e. The minimum atomic E-state index is 0.121. The van der Waals surface area contributed by atoms with Crippen molar-refractivity contribution >= 4 is 5.91 Å². The molecule has 2 heterocycles. The summed E-state index contributed by atoms with van der Waals surface area (Å²) in [6.07, 6.45) is 1.88. The van der Waals surface area contributed by atoms with Crippen LogP contribution in [0.1, 0.15) is 47.5 Å². The molecule has 3 heteroatoms. The lowest BCUT2D eigenvalue weighted by atomic mass is 9.88. The molecule has 106 valence electrons. The van der Waals surface area contributed by atoms with Gasteiger partial charge in [-0.15, -0.1) is 0 Å². The molecule has 0 saturated heterocycles. The number of allylic oxidation sites excluding steroid dienone is 1. The van der Waals surface area contributed by atoms with E-state index in [1.807, 2.05) is 4.90 Å². The molecule has 2 aliphatic rings. The third kappa shape index (κ3) is 2.62. The molecule has 0 unspecified atom stereocenters. The van der Waals surface area contributed by atoms with E-state index in [1.165, 1.54) is 5.57 Å². The predicted molar refractivity (Wildman–Crippen MR) is 78.7 cm³/mol. The van der Waals surface area contributed by atoms with Crippen molar-refractivity contribution in [1.29, 1.82) is 0 Å². The summed E-state index contributed by atoms with van der Waals surface area (Å²) in [5.41, 5.74) is 3.41. The van der Waals surface area contributed by atoms with Crippen molar-refractivity contribution in [2.75, 3.05) is 13.1 Å². The highest BCUT2D eigenvalue weighted by molar-refractivity contribution is 5.97. The standard InChI is InChI=1S/C16H26N2O/c1-11(2)18-12(3)9-13-7-8-17(16(4,5)6)10-14(13)15(18)19/h11H,3,7-10H2,1-2,4-6H3. The van der Waals surface area contributed by atoms with Crippen molar-refractivity contribution in [3.05, 3.63) is 23.4 Å². The SMILES string of the molecule is C=C1CC2=C(CN(C(C)(C)C)CC2)C(=O)N1C(C)C. The van der Waals surface area contributed by atoms with Gasteiger partial charge in [-0.05, 0) is 41.0 Å². The number of rotatable bonds is 1. The maximum Gasteiger partial charge on any atom is 0.255 e. The molecule has 2 aliphatic heterocycles. The number of hydrogen-bond acceptors (Lipinski definition) is 2. The van der Waals surface area contributed by atoms with E-state index in [0.29, 0.717) is 0 Å². The Kier molecular flexibility index (Phi) is 3.61. The van der Waals surface area contributed by atoms with E-state index in [-0.39, 0.29) is 17.5 Å². The van der Waals surface area contributed by atoms with Gasteiger partial charge in [-0.25, -0.2) is 0 Å². The van der Waals surface area contributed by atoms with Crippen LogP contribution in [0.5, 0.6) is 0 Å². The molecular formula is C16H26N2O. The van der Waals surface area contributed by atoms with Crippen molar-refractivity contribution in [3.63, 3.8) is 0 Å². The maximum absolute atomic E-state index is 12.7. The third-order valence-electron chi connectivity index (χ3n) is 4.16. The quantitative estimate of drug-likeness (QED) is 0.725. The van der Waals surface area contributed by atoms with Gasteiger partial charge in [0, 0.05) is 42.4 Å². The average Bonchev–Trinajstić information content (AvgIpc) is 2.26. The van der Waals surface area contributed by atoms with Gasteiger partial charge in [-0.3, -0.25) is 9.69 Å². The second-order valence-corrected chi connectivity index (χ2v) is 6.94. The average molecular weight is 262 g/mol. The second kappa shape index (κ2) is 4.78.